The first-order valence-corrected chi connectivity index (χ1v) is 8.30. The van der Waals surface area contributed by atoms with Gasteiger partial charge >= 0.3 is 0 Å². The molecule has 4 nitrogen and oxygen atoms in total. The Morgan fingerprint density at radius 1 is 1.22 bits per heavy atom. The van der Waals surface area contributed by atoms with Crippen LogP contribution in [-0.2, 0) is 4.79 Å². The van der Waals surface area contributed by atoms with Crippen molar-refractivity contribution in [3.05, 3.63) is 52.5 Å². The lowest BCUT2D eigenvalue weighted by atomic mass is 10.2. The molecule has 0 aliphatic heterocycles. The van der Waals surface area contributed by atoms with Gasteiger partial charge in [0.25, 0.3) is 0 Å². The number of hydrogen-bond donors (Lipinski definition) is 2. The Labute approximate surface area is 145 Å². The van der Waals surface area contributed by atoms with E-state index < -0.39 is 0 Å². The second kappa shape index (κ2) is 8.02. The minimum atomic E-state index is -0.111. The summed E-state index contributed by atoms with van der Waals surface area (Å²) >= 11 is 3.46. The number of amides is 1. The number of rotatable bonds is 6. The zero-order chi connectivity index (χ0) is 16.8. The van der Waals surface area contributed by atoms with Crippen LogP contribution >= 0.6 is 15.9 Å². The number of halogens is 1. The average Bonchev–Trinajstić information content (AvgIpc) is 2.49. The van der Waals surface area contributed by atoms with E-state index in [1.165, 1.54) is 0 Å². The summed E-state index contributed by atoms with van der Waals surface area (Å²) in [7, 11) is 0. The van der Waals surface area contributed by atoms with Gasteiger partial charge in [0, 0.05) is 10.2 Å². The summed E-state index contributed by atoms with van der Waals surface area (Å²) in [5, 5.41) is 5.98. The highest BCUT2D eigenvalue weighted by Gasteiger charge is 2.08. The number of nitrogens with one attached hydrogen (secondary N) is 2. The first kappa shape index (κ1) is 17.3. The summed E-state index contributed by atoms with van der Waals surface area (Å²) in [4.78, 5) is 12.1. The highest BCUT2D eigenvalue weighted by atomic mass is 79.9. The van der Waals surface area contributed by atoms with Crippen molar-refractivity contribution in [2.24, 2.45) is 0 Å². The van der Waals surface area contributed by atoms with Crippen molar-refractivity contribution in [2.45, 2.75) is 26.9 Å². The lowest BCUT2D eigenvalue weighted by molar-refractivity contribution is -0.114. The molecule has 0 aliphatic carbocycles. The van der Waals surface area contributed by atoms with Crippen LogP contribution in [0.5, 0.6) is 5.75 Å². The summed E-state index contributed by atoms with van der Waals surface area (Å²) in [5.41, 5.74) is 2.70. The quantitative estimate of drug-likeness (QED) is 0.774. The molecule has 0 aliphatic rings. The smallest absolute Gasteiger partial charge is 0.243 e. The standard InChI is InChI=1S/C18H21BrN2O2/c1-12(2)23-17-7-5-4-6-16(17)20-11-18(22)21-14-9-8-13(3)15(19)10-14/h4-10,12,20H,11H2,1-3H3,(H,21,22). The van der Waals surface area contributed by atoms with E-state index in [4.69, 9.17) is 4.74 Å². The summed E-state index contributed by atoms with van der Waals surface area (Å²) in [5.74, 6) is 0.633. The molecule has 0 bridgehead atoms. The molecule has 0 aromatic heterocycles. The normalized spacial score (nSPS) is 10.5. The molecule has 2 aromatic rings. The average molecular weight is 377 g/mol. The van der Waals surface area contributed by atoms with Crippen molar-refractivity contribution >= 4 is 33.2 Å². The van der Waals surface area contributed by atoms with Crippen molar-refractivity contribution in [3.8, 4) is 5.75 Å². The molecule has 2 N–H and O–H groups in total. The van der Waals surface area contributed by atoms with Crippen LogP contribution in [0.3, 0.4) is 0 Å². The van der Waals surface area contributed by atoms with Crippen LogP contribution < -0.4 is 15.4 Å². The molecule has 0 spiro atoms. The van der Waals surface area contributed by atoms with Gasteiger partial charge in [0.05, 0.1) is 18.3 Å². The molecule has 0 saturated heterocycles. The molecular formula is C18H21BrN2O2. The van der Waals surface area contributed by atoms with Crippen LogP contribution in [0.4, 0.5) is 11.4 Å². The zero-order valence-electron chi connectivity index (χ0n) is 13.5. The second-order valence-electron chi connectivity index (χ2n) is 5.53. The van der Waals surface area contributed by atoms with Gasteiger partial charge in [0.15, 0.2) is 0 Å². The predicted molar refractivity (Wildman–Crippen MR) is 98.2 cm³/mol. The van der Waals surface area contributed by atoms with E-state index in [2.05, 4.69) is 26.6 Å². The monoisotopic (exact) mass is 376 g/mol. The number of benzene rings is 2. The van der Waals surface area contributed by atoms with Crippen molar-refractivity contribution in [1.82, 2.24) is 0 Å². The van der Waals surface area contributed by atoms with Crippen molar-refractivity contribution < 1.29 is 9.53 Å². The van der Waals surface area contributed by atoms with Crippen LogP contribution in [0.25, 0.3) is 0 Å². The molecule has 122 valence electrons. The lowest BCUT2D eigenvalue weighted by Crippen LogP contribution is -2.22. The van der Waals surface area contributed by atoms with Crippen molar-refractivity contribution in [1.29, 1.82) is 0 Å². The maximum Gasteiger partial charge on any atom is 0.243 e. The Bertz CT molecular complexity index is 686. The first-order valence-electron chi connectivity index (χ1n) is 7.51. The fourth-order valence-corrected chi connectivity index (χ4v) is 2.40. The summed E-state index contributed by atoms with van der Waals surface area (Å²) < 4.78 is 6.70. The van der Waals surface area contributed by atoms with Gasteiger partial charge in [-0.15, -0.1) is 0 Å². The maximum atomic E-state index is 12.1. The fourth-order valence-electron chi connectivity index (χ4n) is 2.02. The van der Waals surface area contributed by atoms with Gasteiger partial charge in [-0.05, 0) is 50.6 Å². The van der Waals surface area contributed by atoms with E-state index >= 15 is 0 Å². The third kappa shape index (κ3) is 5.28. The summed E-state index contributed by atoms with van der Waals surface area (Å²) in [6.07, 6.45) is 0.0803. The number of anilines is 2. The van der Waals surface area contributed by atoms with Gasteiger partial charge in [-0.25, -0.2) is 0 Å². The highest BCUT2D eigenvalue weighted by molar-refractivity contribution is 9.10. The van der Waals surface area contributed by atoms with Gasteiger partial charge < -0.3 is 15.4 Å². The molecule has 0 heterocycles. The molecular weight excluding hydrogens is 356 g/mol. The van der Waals surface area contributed by atoms with Crippen LogP contribution in [0.2, 0.25) is 0 Å². The van der Waals surface area contributed by atoms with Crippen LogP contribution in [0, 0.1) is 6.92 Å². The SMILES string of the molecule is Cc1ccc(NC(=O)CNc2ccccc2OC(C)C)cc1Br. The fraction of sp³-hybridized carbons (Fsp3) is 0.278. The van der Waals surface area contributed by atoms with E-state index in [0.29, 0.717) is 0 Å². The molecule has 2 rings (SSSR count). The molecule has 0 radical (unpaired) electrons. The van der Waals surface area contributed by atoms with E-state index in [-0.39, 0.29) is 18.6 Å². The predicted octanol–water partition coefficient (Wildman–Crippen LogP) is 4.60. The second-order valence-corrected chi connectivity index (χ2v) is 6.38. The Balaban J connectivity index is 1.95. The van der Waals surface area contributed by atoms with Gasteiger partial charge in [0.1, 0.15) is 5.75 Å². The van der Waals surface area contributed by atoms with Crippen LogP contribution in [0.15, 0.2) is 46.9 Å². The molecule has 23 heavy (non-hydrogen) atoms. The van der Waals surface area contributed by atoms with Crippen molar-refractivity contribution in [2.75, 3.05) is 17.2 Å². The van der Waals surface area contributed by atoms with Gasteiger partial charge in [0.2, 0.25) is 5.91 Å². The number of aryl methyl sites for hydroxylation is 1. The number of carbonyl (C=O) groups excluding carboxylic acids is 1. The first-order chi connectivity index (χ1) is 11.0. The Hall–Kier alpha value is -2.01. The van der Waals surface area contributed by atoms with Crippen LogP contribution in [0.1, 0.15) is 19.4 Å². The molecule has 2 aromatic carbocycles. The molecule has 0 fully saturated rings. The third-order valence-electron chi connectivity index (χ3n) is 3.14. The number of hydrogen-bond acceptors (Lipinski definition) is 3. The Morgan fingerprint density at radius 3 is 2.65 bits per heavy atom. The Kier molecular flexibility index (Phi) is 6.04. The number of carbonyl (C=O) groups is 1. The number of para-hydroxylation sites is 2. The van der Waals surface area contributed by atoms with Crippen LogP contribution in [-0.4, -0.2) is 18.6 Å². The third-order valence-corrected chi connectivity index (χ3v) is 4.00. The van der Waals surface area contributed by atoms with Crippen molar-refractivity contribution in [3.63, 3.8) is 0 Å². The topological polar surface area (TPSA) is 50.4 Å². The molecule has 0 saturated carbocycles. The maximum absolute atomic E-state index is 12.1. The minimum absolute atomic E-state index is 0.0803. The van der Waals surface area contributed by atoms with Gasteiger partial charge in [-0.1, -0.05) is 34.1 Å². The molecule has 0 atom stereocenters. The summed E-state index contributed by atoms with van der Waals surface area (Å²) in [6.45, 7) is 6.12. The molecule has 0 unspecified atom stereocenters. The van der Waals surface area contributed by atoms with E-state index in [9.17, 15) is 4.79 Å². The molecule has 1 amide bonds. The van der Waals surface area contributed by atoms with E-state index in [1.807, 2.05) is 63.2 Å². The largest absolute Gasteiger partial charge is 0.489 e. The van der Waals surface area contributed by atoms with Gasteiger partial charge in [-0.3, -0.25) is 4.79 Å². The van der Waals surface area contributed by atoms with E-state index in [1.54, 1.807) is 0 Å². The summed E-state index contributed by atoms with van der Waals surface area (Å²) in [6, 6.07) is 13.3. The number of ether oxygens (including phenoxy) is 1. The van der Waals surface area contributed by atoms with E-state index in [0.717, 1.165) is 27.2 Å². The minimum Gasteiger partial charge on any atom is -0.489 e. The molecule has 5 heteroatoms. The highest BCUT2D eigenvalue weighted by Crippen LogP contribution is 2.25. The Morgan fingerprint density at radius 2 is 1.96 bits per heavy atom. The lowest BCUT2D eigenvalue weighted by Gasteiger charge is -2.15. The van der Waals surface area contributed by atoms with Gasteiger partial charge in [-0.2, -0.15) is 0 Å². The zero-order valence-corrected chi connectivity index (χ0v) is 15.1.